The van der Waals surface area contributed by atoms with Crippen LogP contribution in [0.4, 0.5) is 22.0 Å². The van der Waals surface area contributed by atoms with Gasteiger partial charge in [-0.05, 0) is 0 Å². The Hall–Kier alpha value is -2.11. The molecule has 1 aromatic rings. The van der Waals surface area contributed by atoms with Crippen LogP contribution in [0, 0.1) is 11.3 Å². The predicted molar refractivity (Wildman–Crippen MR) is 46.9 cm³/mol. The highest BCUT2D eigenvalue weighted by atomic mass is 19.4. The fraction of sp³-hybridized carbons (Fsp3) is 0.333. The first-order valence-electron chi connectivity index (χ1n) is 4.38. The maximum Gasteiger partial charge on any atom is 0.573 e. The fourth-order valence-corrected chi connectivity index (χ4v) is 1.14. The van der Waals surface area contributed by atoms with E-state index in [0.717, 1.165) is 0 Å². The van der Waals surface area contributed by atoms with E-state index in [9.17, 15) is 27.1 Å². The van der Waals surface area contributed by atoms with E-state index in [0.29, 0.717) is 6.20 Å². The molecule has 0 aliphatic heterocycles. The van der Waals surface area contributed by atoms with Gasteiger partial charge in [-0.15, -0.1) is 13.2 Å². The Labute approximate surface area is 97.2 Å². The zero-order valence-corrected chi connectivity index (χ0v) is 8.50. The molecule has 1 rings (SSSR count). The summed E-state index contributed by atoms with van der Waals surface area (Å²) in [6.07, 6.45) is -8.39. The first-order valence-corrected chi connectivity index (χ1v) is 4.38. The maximum atomic E-state index is 12.3. The van der Waals surface area contributed by atoms with Gasteiger partial charge in [0, 0.05) is 11.8 Å². The molecule has 0 radical (unpaired) electrons. The molecule has 9 heteroatoms. The zero-order chi connectivity index (χ0) is 13.9. The predicted octanol–water partition coefficient (Wildman–Crippen LogP) is 2.69. The number of pyridine rings is 1. The van der Waals surface area contributed by atoms with E-state index < -0.39 is 42.0 Å². The van der Waals surface area contributed by atoms with Crippen LogP contribution in [0.15, 0.2) is 6.20 Å². The van der Waals surface area contributed by atoms with E-state index in [-0.39, 0.29) is 0 Å². The number of aromatic nitrogens is 1. The minimum Gasteiger partial charge on any atom is -0.503 e. The molecule has 1 N–H and O–H groups in total. The smallest absolute Gasteiger partial charge is 0.503 e. The first kappa shape index (κ1) is 14.0. The molecule has 0 spiro atoms. The Bertz CT molecular complexity index is 481. The molecule has 0 bridgehead atoms. The maximum absolute atomic E-state index is 12.3. The molecule has 0 unspecified atom stereocenters. The molecule has 0 amide bonds. The summed E-state index contributed by atoms with van der Waals surface area (Å²) in [4.78, 5) is 3.09. The van der Waals surface area contributed by atoms with E-state index in [2.05, 4.69) is 9.72 Å². The minimum atomic E-state index is -5.18. The van der Waals surface area contributed by atoms with Gasteiger partial charge in [0.25, 0.3) is 6.43 Å². The van der Waals surface area contributed by atoms with Crippen LogP contribution in [-0.2, 0) is 6.42 Å². The van der Waals surface area contributed by atoms with Gasteiger partial charge in [-0.25, -0.2) is 8.78 Å². The molecule has 0 fully saturated rings. The van der Waals surface area contributed by atoms with Gasteiger partial charge in [0.15, 0.2) is 17.2 Å². The number of ether oxygens (including phenoxy) is 1. The molecular formula is C9H5F5N2O2. The van der Waals surface area contributed by atoms with Crippen molar-refractivity contribution in [2.45, 2.75) is 19.2 Å². The summed E-state index contributed by atoms with van der Waals surface area (Å²) in [5.74, 6) is -2.65. The first-order chi connectivity index (χ1) is 8.26. The molecule has 1 aromatic heterocycles. The van der Waals surface area contributed by atoms with Crippen molar-refractivity contribution in [3.8, 4) is 17.6 Å². The summed E-state index contributed by atoms with van der Waals surface area (Å²) in [6.45, 7) is 0. The fourth-order valence-electron chi connectivity index (χ4n) is 1.14. The lowest BCUT2D eigenvalue weighted by Gasteiger charge is -2.14. The summed E-state index contributed by atoms with van der Waals surface area (Å²) < 4.78 is 64.3. The molecule has 0 saturated heterocycles. The van der Waals surface area contributed by atoms with Gasteiger partial charge in [0.1, 0.15) is 0 Å². The van der Waals surface area contributed by atoms with E-state index in [1.165, 1.54) is 6.07 Å². The van der Waals surface area contributed by atoms with Crippen LogP contribution in [0.3, 0.4) is 0 Å². The van der Waals surface area contributed by atoms with Crippen LogP contribution >= 0.6 is 0 Å². The van der Waals surface area contributed by atoms with Crippen molar-refractivity contribution in [1.29, 1.82) is 5.26 Å². The largest absolute Gasteiger partial charge is 0.573 e. The average Bonchev–Trinajstić information content (AvgIpc) is 2.21. The van der Waals surface area contributed by atoms with Crippen LogP contribution in [0.2, 0.25) is 0 Å². The second-order valence-electron chi connectivity index (χ2n) is 3.03. The van der Waals surface area contributed by atoms with Crippen molar-refractivity contribution in [2.24, 2.45) is 0 Å². The van der Waals surface area contributed by atoms with E-state index >= 15 is 0 Å². The third-order valence-corrected chi connectivity index (χ3v) is 1.80. The van der Waals surface area contributed by atoms with E-state index in [1.807, 2.05) is 0 Å². The number of nitriles is 1. The van der Waals surface area contributed by atoms with E-state index in [4.69, 9.17) is 5.26 Å². The summed E-state index contributed by atoms with van der Waals surface area (Å²) in [5, 5.41) is 17.6. The summed E-state index contributed by atoms with van der Waals surface area (Å²) >= 11 is 0. The average molecular weight is 268 g/mol. The Morgan fingerprint density at radius 3 is 2.50 bits per heavy atom. The number of hydrogen-bond acceptors (Lipinski definition) is 4. The normalized spacial score (nSPS) is 11.4. The van der Waals surface area contributed by atoms with Crippen molar-refractivity contribution < 1.29 is 31.8 Å². The minimum absolute atomic E-state index is 0.434. The molecule has 0 aromatic carbocycles. The van der Waals surface area contributed by atoms with Gasteiger partial charge in [-0.2, -0.15) is 5.26 Å². The Kier molecular flexibility index (Phi) is 3.90. The number of alkyl halides is 5. The molecule has 98 valence electrons. The number of rotatable bonds is 3. The van der Waals surface area contributed by atoms with Crippen molar-refractivity contribution in [3.05, 3.63) is 17.5 Å². The van der Waals surface area contributed by atoms with Gasteiger partial charge in [-0.1, -0.05) is 0 Å². The molecule has 0 atom stereocenters. The van der Waals surface area contributed by atoms with Gasteiger partial charge in [-0.3, -0.25) is 4.98 Å². The van der Waals surface area contributed by atoms with Crippen molar-refractivity contribution in [1.82, 2.24) is 4.98 Å². The third kappa shape index (κ3) is 3.19. The van der Waals surface area contributed by atoms with Gasteiger partial charge in [0.05, 0.1) is 12.5 Å². The van der Waals surface area contributed by atoms with Crippen LogP contribution in [-0.4, -0.2) is 16.5 Å². The number of halogens is 5. The van der Waals surface area contributed by atoms with Crippen LogP contribution in [0.1, 0.15) is 17.7 Å². The Morgan fingerprint density at radius 1 is 1.44 bits per heavy atom. The van der Waals surface area contributed by atoms with E-state index in [1.54, 1.807) is 0 Å². The van der Waals surface area contributed by atoms with Crippen molar-refractivity contribution in [3.63, 3.8) is 0 Å². The van der Waals surface area contributed by atoms with Gasteiger partial charge >= 0.3 is 6.36 Å². The molecular weight excluding hydrogens is 263 g/mol. The SMILES string of the molecule is N#CCc1cnc(C(F)F)c(O)c1OC(F)(F)F. The highest BCUT2D eigenvalue weighted by Gasteiger charge is 2.35. The number of nitrogens with zero attached hydrogens (tertiary/aromatic N) is 2. The second-order valence-corrected chi connectivity index (χ2v) is 3.03. The highest BCUT2D eigenvalue weighted by Crippen LogP contribution is 2.39. The lowest BCUT2D eigenvalue weighted by atomic mass is 10.1. The van der Waals surface area contributed by atoms with Crippen LogP contribution < -0.4 is 4.74 Å². The topological polar surface area (TPSA) is 66.1 Å². The zero-order valence-electron chi connectivity index (χ0n) is 8.50. The molecule has 0 aliphatic carbocycles. The van der Waals surface area contributed by atoms with Gasteiger partial charge in [0.2, 0.25) is 0 Å². The molecule has 0 saturated carbocycles. The van der Waals surface area contributed by atoms with Crippen molar-refractivity contribution >= 4 is 0 Å². The number of hydrogen-bond donors (Lipinski definition) is 1. The van der Waals surface area contributed by atoms with Crippen LogP contribution in [0.25, 0.3) is 0 Å². The summed E-state index contributed by atoms with van der Waals surface area (Å²) in [7, 11) is 0. The quantitative estimate of drug-likeness (QED) is 0.856. The van der Waals surface area contributed by atoms with Gasteiger partial charge < -0.3 is 9.84 Å². The highest BCUT2D eigenvalue weighted by molar-refractivity contribution is 5.48. The third-order valence-electron chi connectivity index (χ3n) is 1.80. The van der Waals surface area contributed by atoms with Crippen LogP contribution in [0.5, 0.6) is 11.5 Å². The molecule has 0 aliphatic rings. The second kappa shape index (κ2) is 5.03. The summed E-state index contributed by atoms with van der Waals surface area (Å²) in [6, 6.07) is 1.50. The molecule has 18 heavy (non-hydrogen) atoms. The Balaban J connectivity index is 3.32. The Morgan fingerprint density at radius 2 is 2.06 bits per heavy atom. The molecule has 1 heterocycles. The monoisotopic (exact) mass is 268 g/mol. The lowest BCUT2D eigenvalue weighted by molar-refractivity contribution is -0.275. The van der Waals surface area contributed by atoms with Crippen molar-refractivity contribution in [2.75, 3.05) is 0 Å². The lowest BCUT2D eigenvalue weighted by Crippen LogP contribution is -2.18. The number of aromatic hydroxyl groups is 1. The molecule has 4 nitrogen and oxygen atoms in total. The standard InChI is InChI=1S/C9H5F5N2O2/c10-8(11)5-6(17)7(18-9(12,13)14)4(1-2-15)3-16-5/h3,8,17H,1H2. The summed E-state index contributed by atoms with van der Waals surface area (Å²) in [5.41, 5.74) is -1.67.